The molecule has 5 rings (SSSR count). The fourth-order valence-corrected chi connectivity index (χ4v) is 6.28. The number of carbonyl (C=O) groups excluding carboxylic acids is 1. The summed E-state index contributed by atoms with van der Waals surface area (Å²) in [6.45, 7) is 3.49. The molecule has 0 N–H and O–H groups in total. The van der Waals surface area contributed by atoms with E-state index in [2.05, 4.69) is 26.7 Å². The van der Waals surface area contributed by atoms with Crippen LogP contribution in [-0.2, 0) is 12.3 Å². The van der Waals surface area contributed by atoms with E-state index < -0.39 is 0 Å². The molecule has 32 heavy (non-hydrogen) atoms. The summed E-state index contributed by atoms with van der Waals surface area (Å²) in [6.07, 6.45) is 1.75. The number of piperazine rings is 1. The van der Waals surface area contributed by atoms with Crippen LogP contribution in [0.4, 0.5) is 0 Å². The van der Waals surface area contributed by atoms with Gasteiger partial charge in [-0.05, 0) is 34.5 Å². The molecule has 1 amide bonds. The molecule has 1 saturated heterocycles. The Balaban J connectivity index is 1.21. The van der Waals surface area contributed by atoms with Gasteiger partial charge >= 0.3 is 0 Å². The average molecular weight is 483 g/mol. The van der Waals surface area contributed by atoms with Gasteiger partial charge in [0.15, 0.2) is 4.96 Å². The fourth-order valence-electron chi connectivity index (χ4n) is 3.78. The van der Waals surface area contributed by atoms with E-state index in [0.717, 1.165) is 40.0 Å². The summed E-state index contributed by atoms with van der Waals surface area (Å²) in [5, 5.41) is 6.10. The number of thioether (sulfide) groups is 1. The maximum atomic E-state index is 13.2. The molecule has 1 aliphatic rings. The molecule has 0 radical (unpaired) electrons. The first kappa shape index (κ1) is 21.4. The van der Waals surface area contributed by atoms with Crippen molar-refractivity contribution < 1.29 is 4.79 Å². The van der Waals surface area contributed by atoms with Crippen molar-refractivity contribution in [2.24, 2.45) is 0 Å². The Morgan fingerprint density at radius 1 is 1.09 bits per heavy atom. The van der Waals surface area contributed by atoms with Crippen LogP contribution in [0, 0.1) is 0 Å². The van der Waals surface area contributed by atoms with Gasteiger partial charge in [-0.2, -0.15) is 11.3 Å². The summed E-state index contributed by atoms with van der Waals surface area (Å²) in [6, 6.07) is 11.6. The number of aromatic nitrogens is 2. The van der Waals surface area contributed by atoms with E-state index in [-0.39, 0.29) is 11.5 Å². The largest absolute Gasteiger partial charge is 0.336 e. The summed E-state index contributed by atoms with van der Waals surface area (Å²) in [5.41, 5.74) is 2.80. The van der Waals surface area contributed by atoms with Crippen LogP contribution in [0.15, 0.2) is 68.4 Å². The summed E-state index contributed by atoms with van der Waals surface area (Å²) in [5.74, 6) is 0.956. The van der Waals surface area contributed by atoms with Crippen LogP contribution in [0.1, 0.15) is 21.6 Å². The second-order valence-corrected chi connectivity index (χ2v) is 10.3. The van der Waals surface area contributed by atoms with Crippen molar-refractivity contribution in [2.75, 3.05) is 26.2 Å². The molecular weight excluding hydrogens is 460 g/mol. The van der Waals surface area contributed by atoms with E-state index in [9.17, 15) is 9.59 Å². The van der Waals surface area contributed by atoms with E-state index in [4.69, 9.17) is 0 Å². The normalized spacial score (nSPS) is 14.8. The number of rotatable bonds is 6. The molecule has 6 nitrogen and oxygen atoms in total. The van der Waals surface area contributed by atoms with Gasteiger partial charge in [-0.1, -0.05) is 12.1 Å². The molecule has 0 atom stereocenters. The van der Waals surface area contributed by atoms with E-state index in [1.165, 1.54) is 16.9 Å². The predicted molar refractivity (Wildman–Crippen MR) is 131 cm³/mol. The van der Waals surface area contributed by atoms with Gasteiger partial charge in [-0.15, -0.1) is 23.1 Å². The number of thiophene rings is 1. The lowest BCUT2D eigenvalue weighted by molar-refractivity contribution is 0.0623. The van der Waals surface area contributed by atoms with Crippen LogP contribution < -0.4 is 5.56 Å². The summed E-state index contributed by atoms with van der Waals surface area (Å²) in [4.78, 5) is 36.0. The molecule has 4 aromatic rings. The second-order valence-electron chi connectivity index (χ2n) is 7.63. The number of amides is 1. The minimum Gasteiger partial charge on any atom is -0.336 e. The molecule has 0 spiro atoms. The maximum absolute atomic E-state index is 13.2. The maximum Gasteiger partial charge on any atom is 0.258 e. The highest BCUT2D eigenvalue weighted by Gasteiger charge is 2.24. The van der Waals surface area contributed by atoms with E-state index in [1.807, 2.05) is 34.5 Å². The Labute approximate surface area is 198 Å². The lowest BCUT2D eigenvalue weighted by Crippen LogP contribution is -2.48. The van der Waals surface area contributed by atoms with Crippen molar-refractivity contribution in [1.29, 1.82) is 0 Å². The molecule has 164 valence electrons. The van der Waals surface area contributed by atoms with E-state index >= 15 is 0 Å². The van der Waals surface area contributed by atoms with Crippen LogP contribution >= 0.6 is 34.4 Å². The topological polar surface area (TPSA) is 57.9 Å². The van der Waals surface area contributed by atoms with Crippen LogP contribution in [0.5, 0.6) is 0 Å². The van der Waals surface area contributed by atoms with Gasteiger partial charge in [0, 0.05) is 61.0 Å². The highest BCUT2D eigenvalue weighted by molar-refractivity contribution is 7.98. The first-order valence-corrected chi connectivity index (χ1v) is 13.2. The monoisotopic (exact) mass is 482 g/mol. The van der Waals surface area contributed by atoms with Gasteiger partial charge in [0.05, 0.1) is 11.3 Å². The molecule has 1 aliphatic heterocycles. The smallest absolute Gasteiger partial charge is 0.258 e. The van der Waals surface area contributed by atoms with Crippen LogP contribution in [0.3, 0.4) is 0 Å². The molecule has 9 heteroatoms. The first-order valence-electron chi connectivity index (χ1n) is 10.4. The third kappa shape index (κ3) is 4.66. The van der Waals surface area contributed by atoms with Crippen LogP contribution in [-0.4, -0.2) is 51.3 Å². The minimum absolute atomic E-state index is 0.0448. The molecule has 4 heterocycles. The van der Waals surface area contributed by atoms with Gasteiger partial charge in [0.2, 0.25) is 0 Å². The number of nitrogens with zero attached hydrogens (tertiary/aromatic N) is 4. The molecule has 0 aliphatic carbocycles. The van der Waals surface area contributed by atoms with Gasteiger partial charge in [-0.3, -0.25) is 18.9 Å². The lowest BCUT2D eigenvalue weighted by Gasteiger charge is -2.34. The Morgan fingerprint density at radius 2 is 1.94 bits per heavy atom. The zero-order valence-electron chi connectivity index (χ0n) is 17.3. The van der Waals surface area contributed by atoms with Crippen molar-refractivity contribution in [3.8, 4) is 0 Å². The Kier molecular flexibility index (Phi) is 6.40. The van der Waals surface area contributed by atoms with E-state index in [0.29, 0.717) is 19.6 Å². The van der Waals surface area contributed by atoms with E-state index in [1.54, 1.807) is 39.8 Å². The zero-order valence-corrected chi connectivity index (χ0v) is 19.8. The molecule has 1 aromatic carbocycles. The number of hydrogen-bond acceptors (Lipinski definition) is 7. The quantitative estimate of drug-likeness (QED) is 0.388. The van der Waals surface area contributed by atoms with Crippen LogP contribution in [0.2, 0.25) is 0 Å². The minimum atomic E-state index is -0.0448. The van der Waals surface area contributed by atoms with Gasteiger partial charge in [0.1, 0.15) is 0 Å². The van der Waals surface area contributed by atoms with Gasteiger partial charge in [-0.25, -0.2) is 4.98 Å². The Bertz CT molecular complexity index is 1270. The third-order valence-electron chi connectivity index (χ3n) is 5.49. The van der Waals surface area contributed by atoms with Crippen LogP contribution in [0.25, 0.3) is 4.96 Å². The van der Waals surface area contributed by atoms with Crippen molar-refractivity contribution in [1.82, 2.24) is 19.2 Å². The highest BCUT2D eigenvalue weighted by atomic mass is 32.2. The Hall–Kier alpha value is -2.46. The molecule has 1 fully saturated rings. The number of carbonyl (C=O) groups is 1. The Morgan fingerprint density at radius 3 is 2.75 bits per heavy atom. The summed E-state index contributed by atoms with van der Waals surface area (Å²) >= 11 is 4.87. The number of fused-ring (bicyclic) bond motifs is 1. The fraction of sp³-hybridized carbons (Fsp3) is 0.261. The predicted octanol–water partition coefficient (Wildman–Crippen LogP) is 4.07. The lowest BCUT2D eigenvalue weighted by atomic mass is 10.1. The zero-order chi connectivity index (χ0) is 21.9. The summed E-state index contributed by atoms with van der Waals surface area (Å²) in [7, 11) is 0. The molecule has 3 aromatic heterocycles. The number of benzene rings is 1. The highest BCUT2D eigenvalue weighted by Crippen LogP contribution is 2.28. The standard InChI is InChI=1S/C23H22N4O2S3/c28-21-13-18(24-23-27(21)10-12-31-23)14-25-6-8-26(9-7-25)22(29)19-3-1-2-4-20(19)32-16-17-5-11-30-15-17/h1-5,10-13,15H,6-9,14,16H2. The van der Waals surface area contributed by atoms with Crippen molar-refractivity contribution in [3.05, 3.63) is 85.9 Å². The number of hydrogen-bond donors (Lipinski definition) is 0. The molecule has 0 unspecified atom stereocenters. The first-order chi connectivity index (χ1) is 15.7. The molecule has 0 saturated carbocycles. The SMILES string of the molecule is O=C(c1ccccc1SCc1ccsc1)N1CCN(Cc2cc(=O)n3ccsc3n2)CC1. The third-order valence-corrected chi connectivity index (χ3v) is 8.13. The molecular formula is C23H22N4O2S3. The molecule has 0 bridgehead atoms. The second kappa shape index (κ2) is 9.58. The van der Waals surface area contributed by atoms with Crippen molar-refractivity contribution in [3.63, 3.8) is 0 Å². The summed E-state index contributed by atoms with van der Waals surface area (Å²) < 4.78 is 1.57. The van der Waals surface area contributed by atoms with Crippen molar-refractivity contribution >= 4 is 45.3 Å². The van der Waals surface area contributed by atoms with Gasteiger partial charge in [0.25, 0.3) is 11.5 Å². The average Bonchev–Trinajstić information content (AvgIpc) is 3.50. The number of thiazole rings is 1. The van der Waals surface area contributed by atoms with Crippen molar-refractivity contribution in [2.45, 2.75) is 17.2 Å². The van der Waals surface area contributed by atoms with Gasteiger partial charge < -0.3 is 4.90 Å².